The fraction of sp³-hybridized carbons (Fsp3) is 0.200. The highest BCUT2D eigenvalue weighted by atomic mass is 79.9. The predicted molar refractivity (Wildman–Crippen MR) is 81.7 cm³/mol. The monoisotopic (exact) mass is 334 g/mol. The number of esters is 1. The van der Waals surface area contributed by atoms with Crippen molar-refractivity contribution < 1.29 is 9.53 Å². The number of benzene rings is 1. The molecular formula is C15H15BrN2O2. The molecule has 1 N–H and O–H groups in total. The van der Waals surface area contributed by atoms with Crippen LogP contribution in [0.15, 0.2) is 47.1 Å². The van der Waals surface area contributed by atoms with Crippen molar-refractivity contribution in [1.29, 1.82) is 0 Å². The molecule has 104 valence electrons. The highest BCUT2D eigenvalue weighted by Crippen LogP contribution is 2.13. The van der Waals surface area contributed by atoms with Crippen LogP contribution in [0.3, 0.4) is 0 Å². The van der Waals surface area contributed by atoms with Crippen molar-refractivity contribution in [2.75, 3.05) is 11.9 Å². The fourth-order valence-electron chi connectivity index (χ4n) is 1.64. The largest absolute Gasteiger partial charge is 0.462 e. The van der Waals surface area contributed by atoms with Crippen molar-refractivity contribution in [3.05, 3.63) is 58.3 Å². The number of carbonyl (C=O) groups excluding carboxylic acids is 1. The summed E-state index contributed by atoms with van der Waals surface area (Å²) < 4.78 is 5.89. The lowest BCUT2D eigenvalue weighted by Crippen LogP contribution is -2.05. The Morgan fingerprint density at radius 3 is 2.60 bits per heavy atom. The summed E-state index contributed by atoms with van der Waals surface area (Å²) in [6.07, 6.45) is 1.76. The molecular weight excluding hydrogens is 320 g/mol. The van der Waals surface area contributed by atoms with E-state index in [1.54, 1.807) is 25.3 Å². The van der Waals surface area contributed by atoms with Crippen LogP contribution in [-0.2, 0) is 11.3 Å². The van der Waals surface area contributed by atoms with Gasteiger partial charge in [-0.15, -0.1) is 0 Å². The molecule has 1 heterocycles. The molecule has 0 atom stereocenters. The van der Waals surface area contributed by atoms with Gasteiger partial charge in [0.25, 0.3) is 0 Å². The van der Waals surface area contributed by atoms with Crippen LogP contribution in [0, 0.1) is 0 Å². The molecule has 0 unspecified atom stereocenters. The van der Waals surface area contributed by atoms with E-state index >= 15 is 0 Å². The molecule has 0 aliphatic carbocycles. The third kappa shape index (κ3) is 4.06. The summed E-state index contributed by atoms with van der Waals surface area (Å²) in [6.45, 7) is 2.80. The van der Waals surface area contributed by atoms with E-state index in [9.17, 15) is 4.79 Å². The number of hydrogen-bond acceptors (Lipinski definition) is 4. The first-order valence-electron chi connectivity index (χ1n) is 6.30. The van der Waals surface area contributed by atoms with Gasteiger partial charge >= 0.3 is 5.97 Å². The van der Waals surface area contributed by atoms with Crippen molar-refractivity contribution in [2.24, 2.45) is 0 Å². The van der Waals surface area contributed by atoms with Gasteiger partial charge in [-0.05, 0) is 59.3 Å². The van der Waals surface area contributed by atoms with Crippen molar-refractivity contribution >= 4 is 27.6 Å². The van der Waals surface area contributed by atoms with Crippen molar-refractivity contribution in [1.82, 2.24) is 4.98 Å². The van der Waals surface area contributed by atoms with E-state index in [-0.39, 0.29) is 5.97 Å². The van der Waals surface area contributed by atoms with Crippen LogP contribution >= 0.6 is 15.9 Å². The molecule has 4 nitrogen and oxygen atoms in total. The summed E-state index contributed by atoms with van der Waals surface area (Å²) in [7, 11) is 0. The normalized spacial score (nSPS) is 10.1. The van der Waals surface area contributed by atoms with E-state index in [1.807, 2.05) is 24.3 Å². The molecule has 0 aliphatic rings. The Labute approximate surface area is 126 Å². The van der Waals surface area contributed by atoms with Gasteiger partial charge < -0.3 is 10.1 Å². The van der Waals surface area contributed by atoms with Crippen LogP contribution in [0.1, 0.15) is 23.0 Å². The zero-order valence-electron chi connectivity index (χ0n) is 11.1. The third-order valence-electron chi connectivity index (χ3n) is 2.66. The number of halogens is 1. The lowest BCUT2D eigenvalue weighted by atomic mass is 10.2. The van der Waals surface area contributed by atoms with Gasteiger partial charge in [0, 0.05) is 16.4 Å². The van der Waals surface area contributed by atoms with Crippen molar-refractivity contribution in [2.45, 2.75) is 13.5 Å². The van der Waals surface area contributed by atoms with Crippen LogP contribution in [0.5, 0.6) is 0 Å². The molecule has 2 aromatic rings. The first-order chi connectivity index (χ1) is 9.69. The van der Waals surface area contributed by atoms with E-state index in [1.165, 1.54) is 0 Å². The average Bonchev–Trinajstić information content (AvgIpc) is 2.47. The second kappa shape index (κ2) is 7.05. The molecule has 0 fully saturated rings. The number of anilines is 1. The van der Waals surface area contributed by atoms with Crippen LogP contribution in [0.2, 0.25) is 0 Å². The molecule has 0 bridgehead atoms. The van der Waals surface area contributed by atoms with Crippen LogP contribution in [0.4, 0.5) is 5.69 Å². The average molecular weight is 335 g/mol. The maximum absolute atomic E-state index is 11.5. The highest BCUT2D eigenvalue weighted by Gasteiger charge is 2.05. The van der Waals surface area contributed by atoms with Gasteiger partial charge in [-0.3, -0.25) is 4.98 Å². The Balaban J connectivity index is 1.93. The second-order valence-corrected chi connectivity index (χ2v) is 5.03. The molecule has 0 aliphatic heterocycles. The van der Waals surface area contributed by atoms with Gasteiger partial charge in [-0.25, -0.2) is 4.79 Å². The number of rotatable bonds is 5. The molecule has 20 heavy (non-hydrogen) atoms. The fourth-order valence-corrected chi connectivity index (χ4v) is 1.88. The number of ether oxygens (including phenoxy) is 1. The van der Waals surface area contributed by atoms with Crippen LogP contribution in [0.25, 0.3) is 0 Å². The summed E-state index contributed by atoms with van der Waals surface area (Å²) >= 11 is 3.35. The lowest BCUT2D eigenvalue weighted by Gasteiger charge is -2.07. The smallest absolute Gasteiger partial charge is 0.338 e. The topological polar surface area (TPSA) is 51.2 Å². The molecule has 0 spiro atoms. The van der Waals surface area contributed by atoms with Gasteiger partial charge in [-0.1, -0.05) is 0 Å². The standard InChI is InChI=1S/C15H15BrN2O2/c1-2-20-15(19)11-3-6-13(7-4-11)18-10-14-8-5-12(16)9-17-14/h3-9,18H,2,10H2,1H3. The van der Waals surface area contributed by atoms with Gasteiger partial charge in [0.1, 0.15) is 0 Å². The van der Waals surface area contributed by atoms with Crippen molar-refractivity contribution in [3.8, 4) is 0 Å². The number of aromatic nitrogens is 1. The van der Waals surface area contributed by atoms with Gasteiger partial charge in [0.05, 0.1) is 24.4 Å². The molecule has 0 amide bonds. The second-order valence-electron chi connectivity index (χ2n) is 4.12. The molecule has 1 aromatic carbocycles. The minimum absolute atomic E-state index is 0.298. The highest BCUT2D eigenvalue weighted by molar-refractivity contribution is 9.10. The number of nitrogens with one attached hydrogen (secondary N) is 1. The maximum atomic E-state index is 11.5. The molecule has 1 aromatic heterocycles. The third-order valence-corrected chi connectivity index (χ3v) is 3.13. The molecule has 2 rings (SSSR count). The first-order valence-corrected chi connectivity index (χ1v) is 7.10. The van der Waals surface area contributed by atoms with E-state index < -0.39 is 0 Å². The zero-order valence-corrected chi connectivity index (χ0v) is 12.7. The Morgan fingerprint density at radius 2 is 2.00 bits per heavy atom. The summed E-state index contributed by atoms with van der Waals surface area (Å²) in [5.74, 6) is -0.298. The Morgan fingerprint density at radius 1 is 1.25 bits per heavy atom. The maximum Gasteiger partial charge on any atom is 0.338 e. The first kappa shape index (κ1) is 14.5. The van der Waals surface area contributed by atoms with Gasteiger partial charge in [-0.2, -0.15) is 0 Å². The zero-order chi connectivity index (χ0) is 14.4. The number of carbonyl (C=O) groups is 1. The van der Waals surface area contributed by atoms with E-state index in [0.29, 0.717) is 18.7 Å². The van der Waals surface area contributed by atoms with Crippen molar-refractivity contribution in [3.63, 3.8) is 0 Å². The molecule has 0 saturated heterocycles. The molecule has 0 saturated carbocycles. The Hall–Kier alpha value is -1.88. The summed E-state index contributed by atoms with van der Waals surface area (Å²) in [6, 6.07) is 11.1. The summed E-state index contributed by atoms with van der Waals surface area (Å²) in [5.41, 5.74) is 2.43. The number of nitrogens with zero attached hydrogens (tertiary/aromatic N) is 1. The number of pyridine rings is 1. The van der Waals surface area contributed by atoms with E-state index in [0.717, 1.165) is 15.9 Å². The Bertz CT molecular complexity index is 567. The lowest BCUT2D eigenvalue weighted by molar-refractivity contribution is 0.0526. The minimum atomic E-state index is -0.298. The van der Waals surface area contributed by atoms with Crippen LogP contribution < -0.4 is 5.32 Å². The molecule has 5 heteroatoms. The van der Waals surface area contributed by atoms with Gasteiger partial charge in [0.2, 0.25) is 0 Å². The Kier molecular flexibility index (Phi) is 5.12. The van der Waals surface area contributed by atoms with Gasteiger partial charge in [0.15, 0.2) is 0 Å². The SMILES string of the molecule is CCOC(=O)c1ccc(NCc2ccc(Br)cn2)cc1. The van der Waals surface area contributed by atoms with Crippen LogP contribution in [-0.4, -0.2) is 17.6 Å². The minimum Gasteiger partial charge on any atom is -0.462 e. The van der Waals surface area contributed by atoms with E-state index in [4.69, 9.17) is 4.74 Å². The number of hydrogen-bond donors (Lipinski definition) is 1. The molecule has 0 radical (unpaired) electrons. The predicted octanol–water partition coefficient (Wildman–Crippen LogP) is 3.63. The van der Waals surface area contributed by atoms with E-state index in [2.05, 4.69) is 26.2 Å². The summed E-state index contributed by atoms with van der Waals surface area (Å²) in [5, 5.41) is 3.25. The summed E-state index contributed by atoms with van der Waals surface area (Å²) in [4.78, 5) is 15.8. The quantitative estimate of drug-likeness (QED) is 0.848.